The van der Waals surface area contributed by atoms with E-state index in [2.05, 4.69) is 36.5 Å². The predicted molar refractivity (Wildman–Crippen MR) is 112 cm³/mol. The third-order valence-corrected chi connectivity index (χ3v) is 4.95. The molecule has 2 aromatic rings. The summed E-state index contributed by atoms with van der Waals surface area (Å²) in [5.74, 6) is 1.03. The molecule has 0 unspecified atom stereocenters. The number of nitrogens with zero attached hydrogens (tertiary/aromatic N) is 1. The number of hydrogen-bond acceptors (Lipinski definition) is 4. The highest BCUT2D eigenvalue weighted by atomic mass is 16.6. The molecule has 0 aromatic heterocycles. The van der Waals surface area contributed by atoms with Gasteiger partial charge in [-0.1, -0.05) is 31.2 Å². The third-order valence-electron chi connectivity index (χ3n) is 4.95. The summed E-state index contributed by atoms with van der Waals surface area (Å²) in [6.07, 6.45) is 2.06. The van der Waals surface area contributed by atoms with Crippen LogP contribution in [0.4, 0.5) is 5.69 Å². The van der Waals surface area contributed by atoms with E-state index < -0.39 is 0 Å². The zero-order valence-corrected chi connectivity index (χ0v) is 17.1. The number of fused-ring (bicyclic) bond motifs is 1. The highest BCUT2D eigenvalue weighted by molar-refractivity contribution is 5.94. The van der Waals surface area contributed by atoms with Crippen LogP contribution in [0.3, 0.4) is 0 Å². The van der Waals surface area contributed by atoms with E-state index in [1.807, 2.05) is 6.92 Å². The van der Waals surface area contributed by atoms with Gasteiger partial charge in [0.2, 0.25) is 11.8 Å². The van der Waals surface area contributed by atoms with Gasteiger partial charge in [-0.3, -0.25) is 9.59 Å². The maximum absolute atomic E-state index is 12.6. The van der Waals surface area contributed by atoms with Gasteiger partial charge in [-0.25, -0.2) is 0 Å². The monoisotopic (exact) mass is 396 g/mol. The van der Waals surface area contributed by atoms with Gasteiger partial charge in [0.25, 0.3) is 0 Å². The lowest BCUT2D eigenvalue weighted by Gasteiger charge is -2.21. The minimum Gasteiger partial charge on any atom is -0.486 e. The van der Waals surface area contributed by atoms with Crippen molar-refractivity contribution in [3.05, 3.63) is 53.6 Å². The molecule has 0 fully saturated rings. The van der Waals surface area contributed by atoms with Crippen LogP contribution in [0, 0.1) is 0 Å². The van der Waals surface area contributed by atoms with Crippen molar-refractivity contribution in [1.82, 2.24) is 4.90 Å². The van der Waals surface area contributed by atoms with Crippen LogP contribution in [-0.2, 0) is 22.4 Å². The van der Waals surface area contributed by atoms with E-state index in [0.717, 1.165) is 12.0 Å². The zero-order valence-electron chi connectivity index (χ0n) is 17.1. The maximum atomic E-state index is 12.6. The van der Waals surface area contributed by atoms with E-state index in [1.54, 1.807) is 23.1 Å². The van der Waals surface area contributed by atoms with Gasteiger partial charge in [-0.05, 0) is 43.0 Å². The number of nitrogens with one attached hydrogen (secondary N) is 1. The van der Waals surface area contributed by atoms with Crippen LogP contribution in [-0.4, -0.2) is 43.0 Å². The van der Waals surface area contributed by atoms with Crippen LogP contribution < -0.4 is 14.8 Å². The number of rotatable bonds is 8. The lowest BCUT2D eigenvalue weighted by Crippen LogP contribution is -2.38. The molecule has 1 aliphatic rings. The van der Waals surface area contributed by atoms with Crippen LogP contribution in [0.5, 0.6) is 11.5 Å². The van der Waals surface area contributed by atoms with Crippen molar-refractivity contribution in [1.29, 1.82) is 0 Å². The van der Waals surface area contributed by atoms with Crippen LogP contribution in [0.25, 0.3) is 0 Å². The minimum atomic E-state index is -0.232. The van der Waals surface area contributed by atoms with Crippen molar-refractivity contribution in [2.75, 3.05) is 31.6 Å². The second kappa shape index (κ2) is 9.96. The summed E-state index contributed by atoms with van der Waals surface area (Å²) in [7, 11) is 0. The SMILES string of the molecule is CCc1ccc(CCC(=O)N(CC)CC(=O)Nc2ccc3c(c2)OCCO3)cc1. The molecule has 0 spiro atoms. The number of likely N-dealkylation sites (N-methyl/N-ethyl adjacent to an activating group) is 1. The minimum absolute atomic E-state index is 0.0237. The van der Waals surface area contributed by atoms with Crippen molar-refractivity contribution >= 4 is 17.5 Å². The van der Waals surface area contributed by atoms with E-state index in [1.165, 1.54) is 5.56 Å². The molecular weight excluding hydrogens is 368 g/mol. The Balaban J connectivity index is 1.51. The molecule has 154 valence electrons. The van der Waals surface area contributed by atoms with E-state index in [-0.39, 0.29) is 18.4 Å². The summed E-state index contributed by atoms with van der Waals surface area (Å²) in [4.78, 5) is 26.6. The molecule has 0 bridgehead atoms. The van der Waals surface area contributed by atoms with Crippen molar-refractivity contribution in [2.24, 2.45) is 0 Å². The smallest absolute Gasteiger partial charge is 0.243 e. The Morgan fingerprint density at radius 1 is 0.966 bits per heavy atom. The van der Waals surface area contributed by atoms with E-state index in [9.17, 15) is 9.59 Å². The number of aryl methyl sites for hydroxylation is 2. The van der Waals surface area contributed by atoms with Gasteiger partial charge in [-0.15, -0.1) is 0 Å². The first-order valence-corrected chi connectivity index (χ1v) is 10.1. The third kappa shape index (κ3) is 5.73. The molecule has 29 heavy (non-hydrogen) atoms. The molecule has 1 heterocycles. The molecule has 0 saturated carbocycles. The summed E-state index contributed by atoms with van der Waals surface area (Å²) in [5, 5.41) is 2.83. The Kier molecular flexibility index (Phi) is 7.11. The molecule has 2 amide bonds. The molecule has 1 N–H and O–H groups in total. The predicted octanol–water partition coefficient (Wildman–Crippen LogP) is 3.44. The van der Waals surface area contributed by atoms with Gasteiger partial charge in [0.1, 0.15) is 13.2 Å². The summed E-state index contributed by atoms with van der Waals surface area (Å²) < 4.78 is 11.0. The first-order valence-electron chi connectivity index (χ1n) is 10.1. The van der Waals surface area contributed by atoms with Crippen LogP contribution in [0.2, 0.25) is 0 Å². The molecule has 6 nitrogen and oxygen atoms in total. The fraction of sp³-hybridized carbons (Fsp3) is 0.391. The maximum Gasteiger partial charge on any atom is 0.243 e. The fourth-order valence-electron chi connectivity index (χ4n) is 3.22. The average molecular weight is 396 g/mol. The van der Waals surface area contributed by atoms with E-state index in [4.69, 9.17) is 9.47 Å². The molecular formula is C23H28N2O4. The Hall–Kier alpha value is -3.02. The normalized spacial score (nSPS) is 12.3. The number of amides is 2. The van der Waals surface area contributed by atoms with Gasteiger partial charge in [0.05, 0.1) is 6.54 Å². The van der Waals surface area contributed by atoms with Gasteiger partial charge in [0, 0.05) is 24.7 Å². The van der Waals surface area contributed by atoms with Gasteiger partial charge in [0.15, 0.2) is 11.5 Å². The Bertz CT molecular complexity index is 848. The highest BCUT2D eigenvalue weighted by Crippen LogP contribution is 2.32. The molecule has 1 aliphatic heterocycles. The average Bonchev–Trinajstić information content (AvgIpc) is 2.76. The lowest BCUT2D eigenvalue weighted by molar-refractivity contribution is -0.134. The zero-order chi connectivity index (χ0) is 20.6. The highest BCUT2D eigenvalue weighted by Gasteiger charge is 2.17. The van der Waals surface area contributed by atoms with Crippen molar-refractivity contribution in [2.45, 2.75) is 33.1 Å². The second-order valence-corrected chi connectivity index (χ2v) is 6.98. The topological polar surface area (TPSA) is 67.9 Å². The number of anilines is 1. The summed E-state index contributed by atoms with van der Waals surface area (Å²) >= 11 is 0. The number of ether oxygens (including phenoxy) is 2. The summed E-state index contributed by atoms with van der Waals surface area (Å²) in [5.41, 5.74) is 3.04. The number of benzene rings is 2. The van der Waals surface area contributed by atoms with E-state index >= 15 is 0 Å². The Morgan fingerprint density at radius 2 is 1.66 bits per heavy atom. The standard InChI is InChI=1S/C23H28N2O4/c1-3-17-5-7-18(8-6-17)9-12-23(27)25(4-2)16-22(26)24-19-10-11-20-21(15-19)29-14-13-28-20/h5-8,10-11,15H,3-4,9,12-14,16H2,1-2H3,(H,24,26). The van der Waals surface area contributed by atoms with Crippen LogP contribution >= 0.6 is 0 Å². The molecule has 6 heteroatoms. The van der Waals surface area contributed by atoms with Gasteiger partial charge in [-0.2, -0.15) is 0 Å². The lowest BCUT2D eigenvalue weighted by atomic mass is 10.1. The first-order chi connectivity index (χ1) is 14.1. The van der Waals surface area contributed by atoms with Gasteiger partial charge >= 0.3 is 0 Å². The number of carbonyl (C=O) groups is 2. The Morgan fingerprint density at radius 3 is 2.34 bits per heavy atom. The van der Waals surface area contributed by atoms with Crippen LogP contribution in [0.15, 0.2) is 42.5 Å². The summed E-state index contributed by atoms with van der Waals surface area (Å²) in [6.45, 7) is 5.53. The molecule has 3 rings (SSSR count). The number of carbonyl (C=O) groups excluding carboxylic acids is 2. The van der Waals surface area contributed by atoms with Crippen molar-refractivity contribution in [3.63, 3.8) is 0 Å². The number of hydrogen-bond donors (Lipinski definition) is 1. The molecule has 0 aliphatic carbocycles. The Labute approximate surface area is 171 Å². The van der Waals surface area contributed by atoms with Gasteiger partial charge < -0.3 is 19.7 Å². The molecule has 0 radical (unpaired) electrons. The second-order valence-electron chi connectivity index (χ2n) is 6.98. The quantitative estimate of drug-likeness (QED) is 0.742. The molecule has 0 saturated heterocycles. The van der Waals surface area contributed by atoms with Crippen molar-refractivity contribution in [3.8, 4) is 11.5 Å². The summed E-state index contributed by atoms with van der Waals surface area (Å²) in [6, 6.07) is 13.6. The molecule has 0 atom stereocenters. The fourth-order valence-corrected chi connectivity index (χ4v) is 3.22. The van der Waals surface area contributed by atoms with Crippen molar-refractivity contribution < 1.29 is 19.1 Å². The van der Waals surface area contributed by atoms with Crippen LogP contribution in [0.1, 0.15) is 31.4 Å². The van der Waals surface area contributed by atoms with E-state index in [0.29, 0.717) is 49.8 Å². The molecule has 2 aromatic carbocycles. The first kappa shape index (κ1) is 20.7. The largest absolute Gasteiger partial charge is 0.486 e.